The second-order valence-corrected chi connectivity index (χ2v) is 6.69. The van der Waals surface area contributed by atoms with E-state index < -0.39 is 42.9 Å². The summed E-state index contributed by atoms with van der Waals surface area (Å²) >= 11 is 5.57. The van der Waals surface area contributed by atoms with E-state index in [2.05, 4.69) is 0 Å². The minimum Gasteiger partial charge on any atom is -0.379 e. The minimum absolute atomic E-state index is 0.0493. The van der Waals surface area contributed by atoms with E-state index in [1.807, 2.05) is 0 Å². The maximum absolute atomic E-state index is 13.6. The molecule has 1 aromatic rings. The van der Waals surface area contributed by atoms with Gasteiger partial charge in [0.25, 0.3) is 10.0 Å². The maximum Gasteiger partial charge on any atom is 0.268 e. The number of rotatable bonds is 3. The van der Waals surface area contributed by atoms with Crippen molar-refractivity contribution < 1.29 is 26.7 Å². The normalized spacial score (nSPS) is 17.4. The zero-order valence-corrected chi connectivity index (χ0v) is 11.8. The van der Waals surface area contributed by atoms with E-state index in [1.165, 1.54) is 6.92 Å². The molecule has 1 amide bonds. The molecular formula is C11H10ClF2NO4S. The number of ether oxygens (including phenoxy) is 1. The topological polar surface area (TPSA) is 72.5 Å². The van der Waals surface area contributed by atoms with Crippen LogP contribution in [0.3, 0.4) is 0 Å². The van der Waals surface area contributed by atoms with Gasteiger partial charge in [0.2, 0.25) is 5.91 Å². The number of sulfonamides is 1. The van der Waals surface area contributed by atoms with E-state index in [4.69, 9.17) is 16.3 Å². The Morgan fingerprint density at radius 1 is 1.40 bits per heavy atom. The van der Waals surface area contributed by atoms with Crippen LogP contribution in [0.25, 0.3) is 0 Å². The number of hydrogen-bond acceptors (Lipinski definition) is 4. The highest BCUT2D eigenvalue weighted by molar-refractivity contribution is 7.90. The van der Waals surface area contributed by atoms with Crippen molar-refractivity contribution in [1.82, 2.24) is 4.72 Å². The molecule has 1 N–H and O–H groups in total. The van der Waals surface area contributed by atoms with Gasteiger partial charge in [0, 0.05) is 0 Å². The van der Waals surface area contributed by atoms with Crippen LogP contribution in [0, 0.1) is 17.0 Å². The fraction of sp³-hybridized carbons (Fsp3) is 0.364. The fourth-order valence-corrected chi connectivity index (χ4v) is 3.29. The monoisotopic (exact) mass is 325 g/mol. The third-order valence-electron chi connectivity index (χ3n) is 2.89. The predicted octanol–water partition coefficient (Wildman–Crippen LogP) is 1.46. The number of amides is 1. The van der Waals surface area contributed by atoms with Crippen molar-refractivity contribution >= 4 is 27.5 Å². The van der Waals surface area contributed by atoms with Crippen molar-refractivity contribution in [3.63, 3.8) is 0 Å². The van der Waals surface area contributed by atoms with Gasteiger partial charge >= 0.3 is 0 Å². The largest absolute Gasteiger partial charge is 0.379 e. The van der Waals surface area contributed by atoms with Gasteiger partial charge in [-0.25, -0.2) is 21.9 Å². The Balaban J connectivity index is 2.37. The van der Waals surface area contributed by atoms with Crippen LogP contribution in [0.1, 0.15) is 6.92 Å². The second-order valence-electron chi connectivity index (χ2n) is 4.66. The molecule has 0 radical (unpaired) electrons. The van der Waals surface area contributed by atoms with Crippen molar-refractivity contribution in [3.8, 4) is 0 Å². The van der Waals surface area contributed by atoms with Gasteiger partial charge in [-0.3, -0.25) is 4.79 Å². The third kappa shape index (κ3) is 2.50. The Kier molecular flexibility index (Phi) is 3.74. The van der Waals surface area contributed by atoms with Crippen LogP contribution < -0.4 is 4.72 Å². The molecule has 1 fully saturated rings. The molecule has 1 aromatic carbocycles. The molecule has 110 valence electrons. The van der Waals surface area contributed by atoms with Gasteiger partial charge < -0.3 is 4.74 Å². The number of halogens is 3. The van der Waals surface area contributed by atoms with Crippen molar-refractivity contribution in [2.24, 2.45) is 5.41 Å². The summed E-state index contributed by atoms with van der Waals surface area (Å²) in [5.41, 5.74) is -1.01. The van der Waals surface area contributed by atoms with Gasteiger partial charge in [-0.05, 0) is 19.1 Å². The number of carbonyl (C=O) groups excluding carboxylic acids is 1. The lowest BCUT2D eigenvalue weighted by atomic mass is 9.88. The molecule has 1 saturated heterocycles. The zero-order valence-electron chi connectivity index (χ0n) is 10.2. The van der Waals surface area contributed by atoms with Crippen LogP contribution in [0.4, 0.5) is 8.78 Å². The highest BCUT2D eigenvalue weighted by Crippen LogP contribution is 2.29. The van der Waals surface area contributed by atoms with Crippen LogP contribution in [0.2, 0.25) is 5.02 Å². The Hall–Kier alpha value is -1.25. The zero-order chi connectivity index (χ0) is 15.1. The predicted molar refractivity (Wildman–Crippen MR) is 65.6 cm³/mol. The maximum atomic E-state index is 13.6. The molecule has 0 aromatic heterocycles. The van der Waals surface area contributed by atoms with Gasteiger partial charge in [-0.1, -0.05) is 11.6 Å². The van der Waals surface area contributed by atoms with E-state index in [0.717, 1.165) is 6.07 Å². The summed E-state index contributed by atoms with van der Waals surface area (Å²) in [6, 6.07) is 1.59. The first-order valence-electron chi connectivity index (χ1n) is 5.46. The summed E-state index contributed by atoms with van der Waals surface area (Å²) in [6.07, 6.45) is 0. The fourth-order valence-electron chi connectivity index (χ4n) is 1.59. The quantitative estimate of drug-likeness (QED) is 0.854. The lowest BCUT2D eigenvalue weighted by molar-refractivity contribution is -0.155. The van der Waals surface area contributed by atoms with Crippen LogP contribution >= 0.6 is 11.6 Å². The first kappa shape index (κ1) is 15.1. The Bertz CT molecular complexity index is 673. The van der Waals surface area contributed by atoms with Crippen molar-refractivity contribution in [2.45, 2.75) is 11.8 Å². The Morgan fingerprint density at radius 2 is 2.00 bits per heavy atom. The summed E-state index contributed by atoms with van der Waals surface area (Å²) in [4.78, 5) is 10.7. The Morgan fingerprint density at radius 3 is 2.50 bits per heavy atom. The summed E-state index contributed by atoms with van der Waals surface area (Å²) in [6.45, 7) is 1.59. The average molecular weight is 326 g/mol. The molecule has 0 atom stereocenters. The Labute approximate surface area is 118 Å². The van der Waals surface area contributed by atoms with Gasteiger partial charge in [-0.2, -0.15) is 0 Å². The second kappa shape index (κ2) is 4.94. The van der Waals surface area contributed by atoms with Gasteiger partial charge in [0.1, 0.15) is 4.90 Å². The summed E-state index contributed by atoms with van der Waals surface area (Å²) in [5.74, 6) is -3.86. The molecule has 20 heavy (non-hydrogen) atoms. The summed E-state index contributed by atoms with van der Waals surface area (Å²) in [7, 11) is -4.60. The molecule has 1 heterocycles. The highest BCUT2D eigenvalue weighted by Gasteiger charge is 2.43. The van der Waals surface area contributed by atoms with Crippen LogP contribution in [-0.2, 0) is 19.6 Å². The van der Waals surface area contributed by atoms with E-state index in [0.29, 0.717) is 6.07 Å². The molecule has 0 unspecified atom stereocenters. The molecule has 9 heteroatoms. The number of benzene rings is 1. The average Bonchev–Trinajstić information content (AvgIpc) is 2.30. The molecule has 5 nitrogen and oxygen atoms in total. The molecule has 1 aliphatic heterocycles. The van der Waals surface area contributed by atoms with Crippen LogP contribution in [0.15, 0.2) is 17.0 Å². The van der Waals surface area contributed by atoms with Crippen LogP contribution in [0.5, 0.6) is 0 Å². The minimum atomic E-state index is -4.60. The standard InChI is InChI=1S/C11H10ClF2NO4S/c1-11(4-19-5-11)10(16)15-20(17,18)9-6(12)2-3-7(13)8(9)14/h2-3H,4-5H2,1H3,(H,15,16). The first-order valence-corrected chi connectivity index (χ1v) is 7.32. The molecule has 0 aliphatic carbocycles. The van der Waals surface area contributed by atoms with Gasteiger partial charge in [0.15, 0.2) is 11.6 Å². The van der Waals surface area contributed by atoms with E-state index >= 15 is 0 Å². The molecule has 1 aliphatic rings. The summed E-state index contributed by atoms with van der Waals surface area (Å²) < 4.78 is 57.1. The molecule has 0 bridgehead atoms. The smallest absolute Gasteiger partial charge is 0.268 e. The summed E-state index contributed by atoms with van der Waals surface area (Å²) in [5, 5.41) is -0.515. The highest BCUT2D eigenvalue weighted by atomic mass is 35.5. The lowest BCUT2D eigenvalue weighted by Gasteiger charge is -2.35. The number of nitrogens with one attached hydrogen (secondary N) is 1. The van der Waals surface area contributed by atoms with E-state index in [9.17, 15) is 22.0 Å². The van der Waals surface area contributed by atoms with Crippen molar-refractivity contribution in [3.05, 3.63) is 28.8 Å². The number of hydrogen-bond donors (Lipinski definition) is 1. The third-order valence-corrected chi connectivity index (χ3v) is 4.70. The van der Waals surface area contributed by atoms with Crippen molar-refractivity contribution in [1.29, 1.82) is 0 Å². The molecule has 0 spiro atoms. The van der Waals surface area contributed by atoms with Gasteiger partial charge in [-0.15, -0.1) is 0 Å². The lowest BCUT2D eigenvalue weighted by Crippen LogP contribution is -2.53. The van der Waals surface area contributed by atoms with Gasteiger partial charge in [0.05, 0.1) is 23.7 Å². The molecular weight excluding hydrogens is 316 g/mol. The van der Waals surface area contributed by atoms with E-state index in [1.54, 1.807) is 4.72 Å². The molecule has 2 rings (SSSR count). The molecule has 0 saturated carbocycles. The van der Waals surface area contributed by atoms with Crippen molar-refractivity contribution in [2.75, 3.05) is 13.2 Å². The van der Waals surface area contributed by atoms with Crippen LogP contribution in [-0.4, -0.2) is 27.5 Å². The SMILES string of the molecule is CC1(C(=O)NS(=O)(=O)c2c(Cl)ccc(F)c2F)COC1. The number of carbonyl (C=O) groups is 1. The van der Waals surface area contributed by atoms with E-state index in [-0.39, 0.29) is 13.2 Å². The first-order chi connectivity index (χ1) is 9.17.